The third kappa shape index (κ3) is 5.60. The fourth-order valence-corrected chi connectivity index (χ4v) is 1.88. The Morgan fingerprint density at radius 3 is 3.06 bits per heavy atom. The molecule has 5 nitrogen and oxygen atoms in total. The SMILES string of the molecule is CCCn1ncnc1CCC(C)CNCCOC. The van der Waals surface area contributed by atoms with E-state index >= 15 is 0 Å². The first-order chi connectivity index (χ1) is 8.77. The van der Waals surface area contributed by atoms with Gasteiger partial charge in [0.25, 0.3) is 0 Å². The van der Waals surface area contributed by atoms with Crippen LogP contribution in [0.25, 0.3) is 0 Å². The molecule has 0 aliphatic carbocycles. The van der Waals surface area contributed by atoms with Gasteiger partial charge >= 0.3 is 0 Å². The molecule has 0 aliphatic rings. The average Bonchev–Trinajstić information content (AvgIpc) is 2.80. The molecule has 0 aliphatic heterocycles. The predicted octanol–water partition coefficient (Wildman–Crippen LogP) is 1.49. The second-order valence-corrected chi connectivity index (χ2v) is 4.74. The van der Waals surface area contributed by atoms with Gasteiger partial charge in [-0.3, -0.25) is 4.68 Å². The van der Waals surface area contributed by atoms with Crippen molar-refractivity contribution in [3.63, 3.8) is 0 Å². The first kappa shape index (κ1) is 15.1. The topological polar surface area (TPSA) is 52.0 Å². The number of methoxy groups -OCH3 is 1. The van der Waals surface area contributed by atoms with Crippen molar-refractivity contribution in [2.45, 2.75) is 39.7 Å². The maximum absolute atomic E-state index is 5.00. The molecule has 0 aromatic carbocycles. The highest BCUT2D eigenvalue weighted by atomic mass is 16.5. The predicted molar refractivity (Wildman–Crippen MR) is 72.5 cm³/mol. The smallest absolute Gasteiger partial charge is 0.138 e. The number of nitrogens with one attached hydrogen (secondary N) is 1. The maximum Gasteiger partial charge on any atom is 0.138 e. The molecule has 1 heterocycles. The third-order valence-electron chi connectivity index (χ3n) is 2.97. The molecular weight excluding hydrogens is 228 g/mol. The zero-order valence-electron chi connectivity index (χ0n) is 11.9. The number of aromatic nitrogens is 3. The number of ether oxygens (including phenoxy) is 1. The summed E-state index contributed by atoms with van der Waals surface area (Å²) in [6.07, 6.45) is 4.91. The molecule has 1 atom stereocenters. The standard InChI is InChI=1S/C13H26N4O/c1-4-8-17-13(15-11-16-17)6-5-12(2)10-14-7-9-18-3/h11-12,14H,4-10H2,1-3H3. The first-order valence-electron chi connectivity index (χ1n) is 6.84. The Bertz CT molecular complexity index is 314. The Kier molecular flexibility index (Phi) is 7.60. The van der Waals surface area contributed by atoms with Gasteiger partial charge in [0, 0.05) is 26.6 Å². The van der Waals surface area contributed by atoms with Crippen molar-refractivity contribution in [2.24, 2.45) is 5.92 Å². The first-order valence-corrected chi connectivity index (χ1v) is 6.84. The summed E-state index contributed by atoms with van der Waals surface area (Å²) in [5.74, 6) is 1.76. The van der Waals surface area contributed by atoms with E-state index < -0.39 is 0 Å². The van der Waals surface area contributed by atoms with E-state index in [0.717, 1.165) is 51.3 Å². The van der Waals surface area contributed by atoms with Crippen molar-refractivity contribution >= 4 is 0 Å². The fourth-order valence-electron chi connectivity index (χ4n) is 1.88. The monoisotopic (exact) mass is 254 g/mol. The van der Waals surface area contributed by atoms with Gasteiger partial charge in [0.1, 0.15) is 12.2 Å². The third-order valence-corrected chi connectivity index (χ3v) is 2.97. The van der Waals surface area contributed by atoms with Crippen LogP contribution >= 0.6 is 0 Å². The Morgan fingerprint density at radius 1 is 1.50 bits per heavy atom. The number of aryl methyl sites for hydroxylation is 2. The van der Waals surface area contributed by atoms with Gasteiger partial charge in [-0.1, -0.05) is 13.8 Å². The second kappa shape index (κ2) is 9.05. The molecule has 0 amide bonds. The molecule has 5 heteroatoms. The highest BCUT2D eigenvalue weighted by molar-refractivity contribution is 4.85. The van der Waals surface area contributed by atoms with Crippen molar-refractivity contribution in [1.29, 1.82) is 0 Å². The van der Waals surface area contributed by atoms with Gasteiger partial charge < -0.3 is 10.1 Å². The molecule has 18 heavy (non-hydrogen) atoms. The van der Waals surface area contributed by atoms with Crippen molar-refractivity contribution in [3.05, 3.63) is 12.2 Å². The van der Waals surface area contributed by atoms with Gasteiger partial charge in [0.05, 0.1) is 6.61 Å². The number of hydrogen-bond acceptors (Lipinski definition) is 4. The number of rotatable bonds is 10. The summed E-state index contributed by atoms with van der Waals surface area (Å²) in [6.45, 7) is 8.12. The molecule has 0 spiro atoms. The second-order valence-electron chi connectivity index (χ2n) is 4.74. The lowest BCUT2D eigenvalue weighted by molar-refractivity contribution is 0.198. The summed E-state index contributed by atoms with van der Waals surface area (Å²) in [4.78, 5) is 4.33. The lowest BCUT2D eigenvalue weighted by atomic mass is 10.1. The van der Waals surface area contributed by atoms with Crippen LogP contribution in [0.4, 0.5) is 0 Å². The van der Waals surface area contributed by atoms with Crippen molar-refractivity contribution in [3.8, 4) is 0 Å². The highest BCUT2D eigenvalue weighted by Gasteiger charge is 2.07. The molecule has 1 aromatic heterocycles. The molecule has 104 valence electrons. The Hall–Kier alpha value is -0.940. The average molecular weight is 254 g/mol. The van der Waals surface area contributed by atoms with Crippen LogP contribution in [0, 0.1) is 5.92 Å². The summed E-state index contributed by atoms with van der Waals surface area (Å²) < 4.78 is 7.02. The number of hydrogen-bond donors (Lipinski definition) is 1. The Labute approximate surface area is 110 Å². The van der Waals surface area contributed by atoms with Gasteiger partial charge in [-0.2, -0.15) is 5.10 Å². The molecule has 0 radical (unpaired) electrons. The minimum atomic E-state index is 0.647. The van der Waals surface area contributed by atoms with Crippen LogP contribution in [0.3, 0.4) is 0 Å². The van der Waals surface area contributed by atoms with E-state index in [1.807, 2.05) is 4.68 Å². The van der Waals surface area contributed by atoms with Crippen LogP contribution in [0.2, 0.25) is 0 Å². The molecule has 1 rings (SSSR count). The summed E-state index contributed by atoms with van der Waals surface area (Å²) in [6, 6.07) is 0. The van der Waals surface area contributed by atoms with E-state index in [4.69, 9.17) is 4.74 Å². The quantitative estimate of drug-likeness (QED) is 0.643. The lowest BCUT2D eigenvalue weighted by Gasteiger charge is -2.12. The summed E-state index contributed by atoms with van der Waals surface area (Å²) in [5.41, 5.74) is 0. The van der Waals surface area contributed by atoms with Crippen LogP contribution in [0.15, 0.2) is 6.33 Å². The van der Waals surface area contributed by atoms with Crippen LogP contribution < -0.4 is 5.32 Å². The van der Waals surface area contributed by atoms with Crippen molar-refractivity contribution in [1.82, 2.24) is 20.1 Å². The Morgan fingerprint density at radius 2 is 2.33 bits per heavy atom. The van der Waals surface area contributed by atoms with E-state index in [0.29, 0.717) is 5.92 Å². The van der Waals surface area contributed by atoms with Crippen LogP contribution in [0.5, 0.6) is 0 Å². The minimum Gasteiger partial charge on any atom is -0.383 e. The molecule has 0 saturated heterocycles. The van der Waals surface area contributed by atoms with Gasteiger partial charge in [0.2, 0.25) is 0 Å². The van der Waals surface area contributed by atoms with Gasteiger partial charge in [-0.05, 0) is 25.3 Å². The number of nitrogens with zero attached hydrogens (tertiary/aromatic N) is 3. The maximum atomic E-state index is 5.00. The summed E-state index contributed by atoms with van der Waals surface area (Å²) >= 11 is 0. The molecule has 1 unspecified atom stereocenters. The molecular formula is C13H26N4O. The normalized spacial score (nSPS) is 12.8. The fraction of sp³-hybridized carbons (Fsp3) is 0.846. The highest BCUT2D eigenvalue weighted by Crippen LogP contribution is 2.07. The Balaban J connectivity index is 2.20. The van der Waals surface area contributed by atoms with Gasteiger partial charge in [-0.15, -0.1) is 0 Å². The molecule has 1 N–H and O–H groups in total. The summed E-state index contributed by atoms with van der Waals surface area (Å²) in [7, 11) is 1.73. The minimum absolute atomic E-state index is 0.647. The van der Waals surface area contributed by atoms with E-state index in [2.05, 4.69) is 29.2 Å². The molecule has 0 fully saturated rings. The van der Waals surface area contributed by atoms with E-state index in [-0.39, 0.29) is 0 Å². The van der Waals surface area contributed by atoms with Crippen LogP contribution in [-0.4, -0.2) is 41.6 Å². The lowest BCUT2D eigenvalue weighted by Crippen LogP contribution is -2.25. The molecule has 0 saturated carbocycles. The van der Waals surface area contributed by atoms with Crippen LogP contribution in [0.1, 0.15) is 32.5 Å². The van der Waals surface area contributed by atoms with Gasteiger partial charge in [0.15, 0.2) is 0 Å². The summed E-state index contributed by atoms with van der Waals surface area (Å²) in [5, 5.41) is 7.63. The van der Waals surface area contributed by atoms with Crippen molar-refractivity contribution in [2.75, 3.05) is 26.8 Å². The van der Waals surface area contributed by atoms with E-state index in [1.54, 1.807) is 13.4 Å². The zero-order valence-corrected chi connectivity index (χ0v) is 11.9. The van der Waals surface area contributed by atoms with Gasteiger partial charge in [-0.25, -0.2) is 4.98 Å². The van der Waals surface area contributed by atoms with E-state index in [9.17, 15) is 0 Å². The van der Waals surface area contributed by atoms with E-state index in [1.165, 1.54) is 0 Å². The van der Waals surface area contributed by atoms with Crippen LogP contribution in [-0.2, 0) is 17.7 Å². The largest absolute Gasteiger partial charge is 0.383 e. The van der Waals surface area contributed by atoms with Crippen molar-refractivity contribution < 1.29 is 4.74 Å². The molecule has 1 aromatic rings. The zero-order chi connectivity index (χ0) is 13.2. The molecule has 0 bridgehead atoms.